The molecule has 2 N–H and O–H groups in total. The third kappa shape index (κ3) is 5.05. The summed E-state index contributed by atoms with van der Waals surface area (Å²) < 4.78 is 9.94. The lowest BCUT2D eigenvalue weighted by Crippen LogP contribution is -2.25. The SMILES string of the molecule is CCOC(=O)c1ccc(C(O)CC(=O)OC(C)(C)C)[nH]1. The molecular formula is C14H21NO5. The van der Waals surface area contributed by atoms with Crippen LogP contribution in [0.2, 0.25) is 0 Å². The van der Waals surface area contributed by atoms with Gasteiger partial charge in [0.25, 0.3) is 0 Å². The van der Waals surface area contributed by atoms with E-state index in [-0.39, 0.29) is 18.7 Å². The molecule has 1 heterocycles. The molecule has 0 radical (unpaired) electrons. The number of hydrogen-bond donors (Lipinski definition) is 2. The van der Waals surface area contributed by atoms with Crippen molar-refractivity contribution in [1.29, 1.82) is 0 Å². The minimum Gasteiger partial charge on any atom is -0.461 e. The maximum absolute atomic E-state index is 11.6. The average molecular weight is 283 g/mol. The number of carbonyl (C=O) groups is 2. The Labute approximate surface area is 118 Å². The molecule has 0 amide bonds. The van der Waals surface area contributed by atoms with Gasteiger partial charge in [-0.05, 0) is 39.8 Å². The van der Waals surface area contributed by atoms with E-state index >= 15 is 0 Å². The fourth-order valence-electron chi connectivity index (χ4n) is 1.59. The molecule has 0 aliphatic rings. The Morgan fingerprint density at radius 2 is 2.00 bits per heavy atom. The van der Waals surface area contributed by atoms with Crippen molar-refractivity contribution in [3.63, 3.8) is 0 Å². The summed E-state index contributed by atoms with van der Waals surface area (Å²) in [5, 5.41) is 9.93. The first-order valence-corrected chi connectivity index (χ1v) is 6.49. The van der Waals surface area contributed by atoms with Gasteiger partial charge in [0.05, 0.1) is 13.0 Å². The molecule has 0 spiro atoms. The van der Waals surface area contributed by atoms with Gasteiger partial charge >= 0.3 is 11.9 Å². The molecule has 0 aromatic carbocycles. The number of aromatic amines is 1. The van der Waals surface area contributed by atoms with Crippen molar-refractivity contribution in [3.8, 4) is 0 Å². The quantitative estimate of drug-likeness (QED) is 0.806. The van der Waals surface area contributed by atoms with E-state index in [0.29, 0.717) is 5.69 Å². The Morgan fingerprint density at radius 3 is 2.55 bits per heavy atom. The van der Waals surface area contributed by atoms with Crippen LogP contribution < -0.4 is 0 Å². The zero-order valence-electron chi connectivity index (χ0n) is 12.2. The second kappa shape index (κ2) is 6.56. The van der Waals surface area contributed by atoms with Crippen LogP contribution in [0.25, 0.3) is 0 Å². The molecule has 0 saturated heterocycles. The van der Waals surface area contributed by atoms with Crippen molar-refractivity contribution in [2.45, 2.75) is 45.8 Å². The van der Waals surface area contributed by atoms with Gasteiger partial charge < -0.3 is 19.6 Å². The van der Waals surface area contributed by atoms with Crippen LogP contribution in [-0.4, -0.2) is 34.2 Å². The Morgan fingerprint density at radius 1 is 1.35 bits per heavy atom. The number of ether oxygens (including phenoxy) is 2. The van der Waals surface area contributed by atoms with Gasteiger partial charge in [-0.1, -0.05) is 0 Å². The maximum Gasteiger partial charge on any atom is 0.354 e. The summed E-state index contributed by atoms with van der Waals surface area (Å²) in [5.74, 6) is -1.000. The lowest BCUT2D eigenvalue weighted by molar-refractivity contribution is -0.157. The lowest BCUT2D eigenvalue weighted by Gasteiger charge is -2.20. The van der Waals surface area contributed by atoms with Gasteiger partial charge in [-0.15, -0.1) is 0 Å². The molecule has 0 fully saturated rings. The number of hydrogen-bond acceptors (Lipinski definition) is 5. The highest BCUT2D eigenvalue weighted by Gasteiger charge is 2.21. The van der Waals surface area contributed by atoms with E-state index in [9.17, 15) is 14.7 Å². The third-order valence-electron chi connectivity index (χ3n) is 2.34. The van der Waals surface area contributed by atoms with Crippen LogP contribution >= 0.6 is 0 Å². The van der Waals surface area contributed by atoms with Crippen LogP contribution in [0.3, 0.4) is 0 Å². The number of aromatic nitrogens is 1. The van der Waals surface area contributed by atoms with E-state index in [2.05, 4.69) is 4.98 Å². The van der Waals surface area contributed by atoms with Crippen molar-refractivity contribution in [2.24, 2.45) is 0 Å². The molecule has 0 saturated carbocycles. The number of aliphatic hydroxyl groups is 1. The fraction of sp³-hybridized carbons (Fsp3) is 0.571. The summed E-state index contributed by atoms with van der Waals surface area (Å²) in [6.07, 6.45) is -1.23. The summed E-state index contributed by atoms with van der Waals surface area (Å²) in [5.41, 5.74) is 0.0202. The number of aliphatic hydroxyl groups excluding tert-OH is 1. The number of carbonyl (C=O) groups excluding carboxylic acids is 2. The third-order valence-corrected chi connectivity index (χ3v) is 2.34. The van der Waals surface area contributed by atoms with E-state index in [1.54, 1.807) is 33.8 Å². The summed E-state index contributed by atoms with van der Waals surface area (Å²) >= 11 is 0. The van der Waals surface area contributed by atoms with Crippen LogP contribution in [0.4, 0.5) is 0 Å². The van der Waals surface area contributed by atoms with E-state index in [0.717, 1.165) is 0 Å². The van der Waals surface area contributed by atoms with Gasteiger partial charge in [0.2, 0.25) is 0 Å². The molecule has 20 heavy (non-hydrogen) atoms. The normalized spacial score (nSPS) is 12.8. The second-order valence-electron chi connectivity index (χ2n) is 5.35. The minimum atomic E-state index is -1.05. The molecule has 1 aromatic heterocycles. The van der Waals surface area contributed by atoms with Crippen molar-refractivity contribution in [1.82, 2.24) is 4.98 Å². The predicted molar refractivity (Wildman–Crippen MR) is 72.2 cm³/mol. The topological polar surface area (TPSA) is 88.6 Å². The number of nitrogens with one attached hydrogen (secondary N) is 1. The van der Waals surface area contributed by atoms with E-state index in [4.69, 9.17) is 9.47 Å². The number of esters is 2. The molecule has 1 atom stereocenters. The Bertz CT molecular complexity index is 472. The molecule has 112 valence electrons. The minimum absolute atomic E-state index is 0.181. The standard InChI is InChI=1S/C14H21NO5/c1-5-19-13(18)10-7-6-9(15-10)11(16)8-12(17)20-14(2,3)4/h6-7,11,15-16H,5,8H2,1-4H3. The maximum atomic E-state index is 11.6. The Hall–Kier alpha value is -1.82. The van der Waals surface area contributed by atoms with Gasteiger partial charge in [0, 0.05) is 5.69 Å². The van der Waals surface area contributed by atoms with Gasteiger partial charge in [0.15, 0.2) is 0 Å². The van der Waals surface area contributed by atoms with Crippen LogP contribution in [0.1, 0.15) is 56.4 Å². The van der Waals surface area contributed by atoms with Crippen LogP contribution in [0, 0.1) is 0 Å². The number of H-pyrrole nitrogens is 1. The first kappa shape index (κ1) is 16.2. The van der Waals surface area contributed by atoms with Gasteiger partial charge in [-0.25, -0.2) is 4.79 Å². The summed E-state index contributed by atoms with van der Waals surface area (Å²) in [6, 6.07) is 3.05. The van der Waals surface area contributed by atoms with Gasteiger partial charge in [-0.3, -0.25) is 4.79 Å². The van der Waals surface area contributed by atoms with E-state index < -0.39 is 23.6 Å². The predicted octanol–water partition coefficient (Wildman–Crippen LogP) is 1.96. The monoisotopic (exact) mass is 283 g/mol. The summed E-state index contributed by atoms with van der Waals surface area (Å²) in [6.45, 7) is 7.24. The molecule has 0 aliphatic heterocycles. The first-order chi connectivity index (χ1) is 9.23. The molecule has 0 bridgehead atoms. The first-order valence-electron chi connectivity index (χ1n) is 6.49. The summed E-state index contributed by atoms with van der Waals surface area (Å²) in [4.78, 5) is 25.8. The van der Waals surface area contributed by atoms with E-state index in [1.165, 1.54) is 6.07 Å². The average Bonchev–Trinajstić information content (AvgIpc) is 2.75. The summed E-state index contributed by atoms with van der Waals surface area (Å²) in [7, 11) is 0. The zero-order valence-corrected chi connectivity index (χ0v) is 12.2. The Kier molecular flexibility index (Phi) is 5.33. The molecule has 1 aromatic rings. The van der Waals surface area contributed by atoms with E-state index in [1.807, 2.05) is 0 Å². The Balaban J connectivity index is 2.62. The van der Waals surface area contributed by atoms with Crippen molar-refractivity contribution in [2.75, 3.05) is 6.61 Å². The second-order valence-corrected chi connectivity index (χ2v) is 5.35. The fourth-order valence-corrected chi connectivity index (χ4v) is 1.59. The highest BCUT2D eigenvalue weighted by Crippen LogP contribution is 2.19. The van der Waals surface area contributed by atoms with Crippen LogP contribution in [0.5, 0.6) is 0 Å². The zero-order chi connectivity index (χ0) is 15.3. The van der Waals surface area contributed by atoms with Crippen molar-refractivity contribution in [3.05, 3.63) is 23.5 Å². The van der Waals surface area contributed by atoms with Gasteiger partial charge in [-0.2, -0.15) is 0 Å². The van der Waals surface area contributed by atoms with Crippen molar-refractivity contribution >= 4 is 11.9 Å². The highest BCUT2D eigenvalue weighted by atomic mass is 16.6. The lowest BCUT2D eigenvalue weighted by atomic mass is 10.1. The van der Waals surface area contributed by atoms with Crippen LogP contribution in [0.15, 0.2) is 12.1 Å². The molecule has 6 heteroatoms. The molecule has 6 nitrogen and oxygen atoms in total. The molecular weight excluding hydrogens is 262 g/mol. The number of rotatable bonds is 5. The van der Waals surface area contributed by atoms with Crippen LogP contribution in [-0.2, 0) is 14.3 Å². The smallest absolute Gasteiger partial charge is 0.354 e. The van der Waals surface area contributed by atoms with Gasteiger partial charge in [0.1, 0.15) is 17.4 Å². The largest absolute Gasteiger partial charge is 0.461 e. The highest BCUT2D eigenvalue weighted by molar-refractivity contribution is 5.87. The molecule has 1 unspecified atom stereocenters. The van der Waals surface area contributed by atoms with Crippen molar-refractivity contribution < 1.29 is 24.2 Å². The molecule has 1 rings (SSSR count). The molecule has 0 aliphatic carbocycles.